The number of benzene rings is 3. The smallest absolute Gasteiger partial charge is 0.296 e. The first kappa shape index (κ1) is 23.1. The van der Waals surface area contributed by atoms with Crippen LogP contribution in [0.1, 0.15) is 28.7 Å². The Morgan fingerprint density at radius 1 is 0.871 bits per heavy atom. The monoisotopic (exact) mass is 444 g/mol. The molecule has 0 aliphatic carbocycles. The van der Waals surface area contributed by atoms with Gasteiger partial charge in [0, 0.05) is 13.0 Å². The van der Waals surface area contributed by atoms with Gasteiger partial charge in [0.05, 0.1) is 17.6 Å². The van der Waals surface area contributed by atoms with Crippen LogP contribution < -0.4 is 0 Å². The van der Waals surface area contributed by atoms with Gasteiger partial charge >= 0.3 is 0 Å². The first-order chi connectivity index (χ1) is 14.9. The predicted octanol–water partition coefficient (Wildman–Crippen LogP) is 4.99. The van der Waals surface area contributed by atoms with E-state index in [-0.39, 0.29) is 24.1 Å². The van der Waals surface area contributed by atoms with Crippen molar-refractivity contribution < 1.29 is 26.5 Å². The van der Waals surface area contributed by atoms with Crippen LogP contribution in [-0.4, -0.2) is 28.9 Å². The molecule has 0 aliphatic rings. The topological polar surface area (TPSA) is 61.8 Å². The number of rotatable bonds is 10. The molecule has 3 rings (SSSR count). The number of hydrogen-bond donors (Lipinski definition) is 0. The first-order valence-corrected chi connectivity index (χ1v) is 11.2. The van der Waals surface area contributed by atoms with Crippen molar-refractivity contribution >= 4 is 10.1 Å². The minimum Gasteiger partial charge on any atom is -0.359 e. The third-order valence-corrected chi connectivity index (χ3v) is 6.17. The maximum atomic E-state index is 13.5. The fraction of sp³-hybridized carbons (Fsp3) is 0.250. The molecule has 0 radical (unpaired) electrons. The molecule has 0 N–H and O–H groups in total. The van der Waals surface area contributed by atoms with Crippen molar-refractivity contribution in [1.82, 2.24) is 0 Å². The molecule has 3 aromatic carbocycles. The van der Waals surface area contributed by atoms with Gasteiger partial charge in [0.25, 0.3) is 10.1 Å². The zero-order chi connectivity index (χ0) is 22.3. The van der Waals surface area contributed by atoms with Gasteiger partial charge < -0.3 is 9.47 Å². The highest BCUT2D eigenvalue weighted by atomic mass is 32.2. The average molecular weight is 445 g/mol. The molecule has 5 nitrogen and oxygen atoms in total. The minimum atomic E-state index is -3.97. The normalized spacial score (nSPS) is 13.6. The third kappa shape index (κ3) is 6.21. The summed E-state index contributed by atoms with van der Waals surface area (Å²) in [5.41, 5.74) is 2.46. The molecule has 0 fully saturated rings. The maximum Gasteiger partial charge on any atom is 0.296 e. The number of ether oxygens (including phenoxy) is 2. The van der Waals surface area contributed by atoms with Gasteiger partial charge in [0.15, 0.2) is 0 Å². The van der Waals surface area contributed by atoms with Crippen LogP contribution in [0.15, 0.2) is 83.8 Å². The van der Waals surface area contributed by atoms with Crippen LogP contribution in [0, 0.1) is 12.7 Å². The van der Waals surface area contributed by atoms with Gasteiger partial charge in [0.1, 0.15) is 12.6 Å². The van der Waals surface area contributed by atoms with Crippen LogP contribution in [0.3, 0.4) is 0 Å². The lowest BCUT2D eigenvalue weighted by molar-refractivity contribution is -0.0860. The van der Waals surface area contributed by atoms with E-state index in [9.17, 15) is 12.8 Å². The van der Waals surface area contributed by atoms with Gasteiger partial charge in [-0.05, 0) is 42.3 Å². The van der Waals surface area contributed by atoms with Crippen molar-refractivity contribution in [2.45, 2.75) is 23.8 Å². The Morgan fingerprint density at radius 3 is 2.13 bits per heavy atom. The van der Waals surface area contributed by atoms with Gasteiger partial charge in [-0.3, -0.25) is 4.18 Å². The molecule has 0 bridgehead atoms. The lowest BCUT2D eigenvalue weighted by Gasteiger charge is -2.28. The molecule has 0 spiro atoms. The van der Waals surface area contributed by atoms with E-state index in [1.165, 1.54) is 31.4 Å². The van der Waals surface area contributed by atoms with Gasteiger partial charge in [-0.1, -0.05) is 60.2 Å². The molecule has 0 saturated heterocycles. The molecule has 164 valence electrons. The van der Waals surface area contributed by atoms with Crippen LogP contribution in [0.2, 0.25) is 0 Å². The van der Waals surface area contributed by atoms with Crippen LogP contribution >= 0.6 is 0 Å². The van der Waals surface area contributed by atoms with E-state index >= 15 is 0 Å². The second kappa shape index (κ2) is 10.6. The summed E-state index contributed by atoms with van der Waals surface area (Å²) in [6, 6.07) is 21.7. The Hall–Kier alpha value is -2.58. The van der Waals surface area contributed by atoms with Crippen LogP contribution in [0.4, 0.5) is 4.39 Å². The maximum absolute atomic E-state index is 13.5. The van der Waals surface area contributed by atoms with Gasteiger partial charge in [-0.25, -0.2) is 4.39 Å². The number of methoxy groups -OCH3 is 1. The first-order valence-electron chi connectivity index (χ1n) is 9.78. The van der Waals surface area contributed by atoms with Crippen LogP contribution in [0.5, 0.6) is 0 Å². The quantitative estimate of drug-likeness (QED) is 0.326. The van der Waals surface area contributed by atoms with E-state index in [0.717, 1.165) is 11.1 Å². The summed E-state index contributed by atoms with van der Waals surface area (Å²) >= 11 is 0. The third-order valence-electron chi connectivity index (χ3n) is 4.87. The Kier molecular flexibility index (Phi) is 7.92. The summed E-state index contributed by atoms with van der Waals surface area (Å²) in [5, 5.41) is 0. The zero-order valence-electron chi connectivity index (χ0n) is 17.4. The number of hydrogen-bond acceptors (Lipinski definition) is 5. The van der Waals surface area contributed by atoms with Crippen molar-refractivity contribution in [2.24, 2.45) is 0 Å². The van der Waals surface area contributed by atoms with E-state index in [2.05, 4.69) is 0 Å². The van der Waals surface area contributed by atoms with Crippen molar-refractivity contribution in [2.75, 3.05) is 20.5 Å². The van der Waals surface area contributed by atoms with Crippen molar-refractivity contribution in [1.29, 1.82) is 0 Å². The standard InChI is InChI=1S/C24H25FO5S/c1-18-8-14-22(15-9-18)31(26,27)30-16-23(19-6-4-3-5-7-19)24(29-17-28-2)20-10-12-21(25)13-11-20/h3-15,23-24H,16-17H2,1-2H3/t23-,24+/m1/s1. The van der Waals surface area contributed by atoms with Crippen LogP contribution in [0.25, 0.3) is 0 Å². The molecule has 2 atom stereocenters. The summed E-state index contributed by atoms with van der Waals surface area (Å²) in [4.78, 5) is 0.0843. The highest BCUT2D eigenvalue weighted by Crippen LogP contribution is 2.35. The summed E-state index contributed by atoms with van der Waals surface area (Å²) in [6.45, 7) is 1.70. The Bertz CT molecular complexity index is 1050. The van der Waals surface area contributed by atoms with Gasteiger partial charge in [-0.2, -0.15) is 8.42 Å². The molecule has 0 saturated carbocycles. The molecule has 31 heavy (non-hydrogen) atoms. The lowest BCUT2D eigenvalue weighted by atomic mass is 9.89. The molecular formula is C24H25FO5S. The second-order valence-corrected chi connectivity index (χ2v) is 8.73. The zero-order valence-corrected chi connectivity index (χ0v) is 18.2. The summed E-state index contributed by atoms with van der Waals surface area (Å²) in [6.07, 6.45) is -0.615. The molecule has 3 aromatic rings. The fourth-order valence-corrected chi connectivity index (χ4v) is 4.16. The van der Waals surface area contributed by atoms with Crippen LogP contribution in [-0.2, 0) is 23.8 Å². The second-order valence-electron chi connectivity index (χ2n) is 7.11. The Labute approximate surface area is 182 Å². The van der Waals surface area contributed by atoms with Crippen molar-refractivity contribution in [3.63, 3.8) is 0 Å². The van der Waals surface area contributed by atoms with Crippen molar-refractivity contribution in [3.8, 4) is 0 Å². The van der Waals surface area contributed by atoms with E-state index < -0.39 is 22.1 Å². The summed E-state index contributed by atoms with van der Waals surface area (Å²) in [7, 11) is -2.47. The average Bonchev–Trinajstić information content (AvgIpc) is 2.77. The molecule has 7 heteroatoms. The largest absolute Gasteiger partial charge is 0.359 e. The SMILES string of the molecule is COCO[C@@H](c1ccc(F)cc1)[C@H](COS(=O)(=O)c1ccc(C)cc1)c1ccccc1. The van der Waals surface area contributed by atoms with E-state index in [1.54, 1.807) is 24.3 Å². The fourth-order valence-electron chi connectivity index (χ4n) is 3.23. The van der Waals surface area contributed by atoms with E-state index in [0.29, 0.717) is 5.56 Å². The molecular weight excluding hydrogens is 419 g/mol. The minimum absolute atomic E-state index is 0.0178. The highest BCUT2D eigenvalue weighted by Gasteiger charge is 2.29. The highest BCUT2D eigenvalue weighted by molar-refractivity contribution is 7.86. The van der Waals surface area contributed by atoms with Gasteiger partial charge in [-0.15, -0.1) is 0 Å². The van der Waals surface area contributed by atoms with Gasteiger partial charge in [0.2, 0.25) is 0 Å². The molecule has 0 unspecified atom stereocenters. The molecule has 0 heterocycles. The number of halogens is 1. The predicted molar refractivity (Wildman–Crippen MR) is 116 cm³/mol. The molecule has 0 amide bonds. The lowest BCUT2D eigenvalue weighted by Crippen LogP contribution is -2.22. The van der Waals surface area contributed by atoms with E-state index in [1.807, 2.05) is 37.3 Å². The van der Waals surface area contributed by atoms with Crippen molar-refractivity contribution in [3.05, 3.63) is 101 Å². The Morgan fingerprint density at radius 2 is 1.52 bits per heavy atom. The molecule has 0 aromatic heterocycles. The summed E-state index contributed by atoms with van der Waals surface area (Å²) in [5.74, 6) is -0.856. The molecule has 0 aliphatic heterocycles. The summed E-state index contributed by atoms with van der Waals surface area (Å²) < 4.78 is 55.4. The Balaban J connectivity index is 1.92. The van der Waals surface area contributed by atoms with E-state index in [4.69, 9.17) is 13.7 Å². The number of aryl methyl sites for hydroxylation is 1.